The van der Waals surface area contributed by atoms with E-state index in [0.29, 0.717) is 24.1 Å². The van der Waals surface area contributed by atoms with Gasteiger partial charge >= 0.3 is 17.6 Å². The molecule has 1 heterocycles. The zero-order chi connectivity index (χ0) is 14.0. The van der Waals surface area contributed by atoms with Crippen LogP contribution in [0.2, 0.25) is 0 Å². The van der Waals surface area contributed by atoms with Crippen LogP contribution in [0.15, 0.2) is 27.4 Å². The molecule has 1 aromatic heterocycles. The number of hydrogen-bond acceptors (Lipinski definition) is 4. The van der Waals surface area contributed by atoms with Crippen LogP contribution in [0.1, 0.15) is 5.56 Å². The average molecular weight is 263 g/mol. The molecule has 7 nitrogen and oxygen atoms in total. The molecule has 0 radical (unpaired) electrons. The molecule has 0 aliphatic heterocycles. The van der Waals surface area contributed by atoms with Crippen molar-refractivity contribution >= 4 is 22.9 Å². The summed E-state index contributed by atoms with van der Waals surface area (Å²) in [5.74, 6) is -2.21. The fourth-order valence-corrected chi connectivity index (χ4v) is 1.74. The van der Waals surface area contributed by atoms with Crippen LogP contribution in [0.3, 0.4) is 0 Å². The topological polar surface area (TPSA) is 109 Å². The molecular formula is C12H13N3O4. The van der Waals surface area contributed by atoms with Crippen LogP contribution in [0.5, 0.6) is 0 Å². The number of aromatic nitrogens is 1. The Morgan fingerprint density at radius 3 is 2.84 bits per heavy atom. The van der Waals surface area contributed by atoms with Gasteiger partial charge in [0.15, 0.2) is 5.58 Å². The van der Waals surface area contributed by atoms with Gasteiger partial charge in [-0.15, -0.1) is 0 Å². The number of nitrogens with zero attached hydrogens (tertiary/aromatic N) is 1. The standard InChI is InChI=1S/C12H13N3O4/c1-15(11(17)10(13)16)5-4-7-2-3-9-8(6-7)14-12(18)19-9/h2-3,6H,4-5H2,1H3,(H2,13,16)(H,14,18). The van der Waals surface area contributed by atoms with E-state index < -0.39 is 17.6 Å². The molecule has 2 aromatic rings. The minimum Gasteiger partial charge on any atom is -0.408 e. The van der Waals surface area contributed by atoms with Crippen molar-refractivity contribution in [2.24, 2.45) is 5.73 Å². The highest BCUT2D eigenvalue weighted by Crippen LogP contribution is 2.12. The van der Waals surface area contributed by atoms with E-state index in [1.165, 1.54) is 11.9 Å². The summed E-state index contributed by atoms with van der Waals surface area (Å²) in [7, 11) is 1.51. The molecule has 0 saturated carbocycles. The predicted octanol–water partition coefficient (Wildman–Crippen LogP) is -0.393. The number of carbonyl (C=O) groups is 2. The normalized spacial score (nSPS) is 10.6. The molecule has 0 aliphatic carbocycles. The van der Waals surface area contributed by atoms with Crippen LogP contribution in [0.4, 0.5) is 0 Å². The average Bonchev–Trinajstić information content (AvgIpc) is 2.74. The van der Waals surface area contributed by atoms with Gasteiger partial charge in [-0.1, -0.05) is 6.07 Å². The molecule has 0 bridgehead atoms. The second kappa shape index (κ2) is 4.97. The summed E-state index contributed by atoms with van der Waals surface area (Å²) in [4.78, 5) is 36.8. The molecule has 0 saturated heterocycles. The number of nitrogens with one attached hydrogen (secondary N) is 1. The lowest BCUT2D eigenvalue weighted by molar-refractivity contribution is -0.143. The van der Waals surface area contributed by atoms with Crippen LogP contribution in [-0.2, 0) is 16.0 Å². The Labute approximate surface area is 108 Å². The number of fused-ring (bicyclic) bond motifs is 1. The van der Waals surface area contributed by atoms with Crippen molar-refractivity contribution in [3.63, 3.8) is 0 Å². The number of H-pyrrole nitrogens is 1. The van der Waals surface area contributed by atoms with Gasteiger partial charge in [-0.2, -0.15) is 0 Å². The minimum atomic E-state index is -0.975. The van der Waals surface area contributed by atoms with Gasteiger partial charge in [-0.05, 0) is 24.1 Å². The number of primary amides is 1. The first kappa shape index (κ1) is 12.9. The van der Waals surface area contributed by atoms with Crippen molar-refractivity contribution in [3.05, 3.63) is 34.3 Å². The zero-order valence-corrected chi connectivity index (χ0v) is 10.3. The van der Waals surface area contributed by atoms with Crippen molar-refractivity contribution in [1.29, 1.82) is 0 Å². The first-order valence-corrected chi connectivity index (χ1v) is 5.64. The van der Waals surface area contributed by atoms with E-state index in [-0.39, 0.29) is 0 Å². The number of carbonyl (C=O) groups excluding carboxylic acids is 2. The molecule has 0 unspecified atom stereocenters. The number of likely N-dealkylation sites (N-methyl/N-ethyl adjacent to an activating group) is 1. The van der Waals surface area contributed by atoms with Gasteiger partial charge < -0.3 is 15.1 Å². The van der Waals surface area contributed by atoms with Crippen LogP contribution in [0, 0.1) is 0 Å². The molecule has 2 rings (SSSR count). The van der Waals surface area contributed by atoms with Crippen LogP contribution >= 0.6 is 0 Å². The van der Waals surface area contributed by atoms with Crippen molar-refractivity contribution in [2.75, 3.05) is 13.6 Å². The smallest absolute Gasteiger partial charge is 0.408 e. The Balaban J connectivity index is 2.07. The Morgan fingerprint density at radius 2 is 2.16 bits per heavy atom. The van der Waals surface area contributed by atoms with Crippen LogP contribution in [0.25, 0.3) is 11.1 Å². The minimum absolute atomic E-state index is 0.357. The summed E-state index contributed by atoms with van der Waals surface area (Å²) in [6, 6.07) is 5.24. The maximum absolute atomic E-state index is 11.3. The van der Waals surface area contributed by atoms with Crippen molar-refractivity contribution < 1.29 is 14.0 Å². The van der Waals surface area contributed by atoms with E-state index >= 15 is 0 Å². The number of aromatic amines is 1. The molecule has 7 heteroatoms. The van der Waals surface area contributed by atoms with E-state index in [9.17, 15) is 14.4 Å². The molecule has 1 aromatic carbocycles. The first-order valence-electron chi connectivity index (χ1n) is 5.64. The quantitative estimate of drug-likeness (QED) is 0.734. The van der Waals surface area contributed by atoms with Gasteiger partial charge in [0.1, 0.15) is 0 Å². The monoisotopic (exact) mass is 263 g/mol. The number of hydrogen-bond donors (Lipinski definition) is 2. The zero-order valence-electron chi connectivity index (χ0n) is 10.3. The molecular weight excluding hydrogens is 250 g/mol. The van der Waals surface area contributed by atoms with E-state index in [0.717, 1.165) is 5.56 Å². The molecule has 19 heavy (non-hydrogen) atoms. The predicted molar refractivity (Wildman–Crippen MR) is 67.4 cm³/mol. The summed E-state index contributed by atoms with van der Waals surface area (Å²) in [5.41, 5.74) is 6.90. The lowest BCUT2D eigenvalue weighted by Crippen LogP contribution is -2.38. The third-order valence-corrected chi connectivity index (χ3v) is 2.78. The van der Waals surface area contributed by atoms with Crippen molar-refractivity contribution in [3.8, 4) is 0 Å². The highest BCUT2D eigenvalue weighted by atomic mass is 16.4. The third-order valence-electron chi connectivity index (χ3n) is 2.78. The molecule has 0 atom stereocenters. The maximum Gasteiger partial charge on any atom is 0.417 e. The van der Waals surface area contributed by atoms with E-state index in [4.69, 9.17) is 10.2 Å². The van der Waals surface area contributed by atoms with Gasteiger partial charge in [0.25, 0.3) is 0 Å². The highest BCUT2D eigenvalue weighted by Gasteiger charge is 2.14. The molecule has 0 spiro atoms. The lowest BCUT2D eigenvalue weighted by atomic mass is 10.1. The fourth-order valence-electron chi connectivity index (χ4n) is 1.74. The van der Waals surface area contributed by atoms with Gasteiger partial charge in [0.2, 0.25) is 0 Å². The Morgan fingerprint density at radius 1 is 1.42 bits per heavy atom. The Hall–Kier alpha value is -2.57. The number of amides is 2. The SMILES string of the molecule is CN(CCc1ccc2oc(=O)[nH]c2c1)C(=O)C(N)=O. The third kappa shape index (κ3) is 2.82. The lowest BCUT2D eigenvalue weighted by Gasteiger charge is -2.14. The molecule has 100 valence electrons. The van der Waals surface area contributed by atoms with Crippen molar-refractivity contribution in [2.45, 2.75) is 6.42 Å². The summed E-state index contributed by atoms with van der Waals surface area (Å²) in [5, 5.41) is 0. The fraction of sp³-hybridized carbons (Fsp3) is 0.250. The second-order valence-electron chi connectivity index (χ2n) is 4.19. The van der Waals surface area contributed by atoms with Crippen molar-refractivity contribution in [1.82, 2.24) is 9.88 Å². The van der Waals surface area contributed by atoms with Gasteiger partial charge in [-0.3, -0.25) is 14.6 Å². The van der Waals surface area contributed by atoms with E-state index in [2.05, 4.69) is 4.98 Å². The van der Waals surface area contributed by atoms with Gasteiger partial charge in [0, 0.05) is 13.6 Å². The first-order chi connectivity index (χ1) is 8.97. The number of oxazole rings is 1. The summed E-state index contributed by atoms with van der Waals surface area (Å²) < 4.78 is 4.88. The number of nitrogens with two attached hydrogens (primary N) is 1. The molecule has 2 amide bonds. The van der Waals surface area contributed by atoms with E-state index in [1.807, 2.05) is 0 Å². The van der Waals surface area contributed by atoms with Crippen LogP contribution < -0.4 is 11.5 Å². The summed E-state index contributed by atoms with van der Waals surface area (Å²) in [6.45, 7) is 0.357. The number of rotatable bonds is 3. The maximum atomic E-state index is 11.3. The Kier molecular flexibility index (Phi) is 3.37. The molecule has 0 aliphatic rings. The second-order valence-corrected chi connectivity index (χ2v) is 4.19. The molecule has 3 N–H and O–H groups in total. The van der Waals surface area contributed by atoms with Gasteiger partial charge in [-0.25, -0.2) is 4.79 Å². The Bertz CT molecular complexity index is 686. The highest BCUT2D eigenvalue weighted by molar-refractivity contribution is 6.34. The molecule has 0 fully saturated rings. The largest absolute Gasteiger partial charge is 0.417 e. The number of benzene rings is 1. The van der Waals surface area contributed by atoms with Gasteiger partial charge in [0.05, 0.1) is 5.52 Å². The van der Waals surface area contributed by atoms with Crippen LogP contribution in [-0.4, -0.2) is 35.3 Å². The van der Waals surface area contributed by atoms with E-state index in [1.54, 1.807) is 18.2 Å². The summed E-state index contributed by atoms with van der Waals surface area (Å²) >= 11 is 0. The summed E-state index contributed by atoms with van der Waals surface area (Å²) in [6.07, 6.45) is 0.540.